The lowest BCUT2D eigenvalue weighted by Gasteiger charge is -2.26. The molecule has 6 heteroatoms. The van der Waals surface area contributed by atoms with Crippen molar-refractivity contribution < 1.29 is 14.4 Å². The van der Waals surface area contributed by atoms with Crippen LogP contribution in [0.15, 0.2) is 54.2 Å². The van der Waals surface area contributed by atoms with Crippen molar-refractivity contribution in [3.63, 3.8) is 0 Å². The molecule has 0 aromatic carbocycles. The third-order valence-corrected chi connectivity index (χ3v) is 4.24. The summed E-state index contributed by atoms with van der Waals surface area (Å²) in [6, 6.07) is 7.78. The molecule has 0 atom stereocenters. The Morgan fingerprint density at radius 1 is 1.11 bits per heavy atom. The molecular formula is C21H27N3O3. The van der Waals surface area contributed by atoms with E-state index in [4.69, 9.17) is 9.57 Å². The number of pyridine rings is 2. The fourth-order valence-corrected chi connectivity index (χ4v) is 2.68. The molecule has 0 unspecified atom stereocenters. The highest BCUT2D eigenvalue weighted by atomic mass is 16.6. The Bertz CT molecular complexity index is 731. The van der Waals surface area contributed by atoms with Gasteiger partial charge in [0.15, 0.2) is 0 Å². The Kier molecular flexibility index (Phi) is 7.92. The molecule has 0 aliphatic carbocycles. The van der Waals surface area contributed by atoms with Crippen LogP contribution in [0.25, 0.3) is 0 Å². The van der Waals surface area contributed by atoms with Crippen LogP contribution < -0.4 is 0 Å². The van der Waals surface area contributed by atoms with Crippen LogP contribution in [-0.2, 0) is 19.8 Å². The second-order valence-electron chi connectivity index (χ2n) is 6.64. The van der Waals surface area contributed by atoms with Gasteiger partial charge in [0, 0.05) is 42.2 Å². The van der Waals surface area contributed by atoms with E-state index in [0.717, 1.165) is 23.3 Å². The van der Waals surface area contributed by atoms with Gasteiger partial charge in [0.25, 0.3) is 0 Å². The lowest BCUT2D eigenvalue weighted by Crippen LogP contribution is -2.30. The van der Waals surface area contributed by atoms with E-state index in [-0.39, 0.29) is 5.97 Å². The standard InChI is InChI=1S/C21H27N3O3/c1-4-26-19(25)11-5-6-14-27-24-20(17-9-7-12-22-15-17)21(2,3)18-10-8-13-23-16-18/h7-10,12-13,15-16H,4-6,11,14H2,1-3H3/b24-20+. The Hall–Kier alpha value is -2.76. The first-order chi connectivity index (χ1) is 13.1. The van der Waals surface area contributed by atoms with Gasteiger partial charge in [-0.3, -0.25) is 14.8 Å². The summed E-state index contributed by atoms with van der Waals surface area (Å²) in [7, 11) is 0. The van der Waals surface area contributed by atoms with Gasteiger partial charge in [-0.15, -0.1) is 0 Å². The number of unbranched alkanes of at least 4 members (excludes halogenated alkanes) is 1. The second-order valence-corrected chi connectivity index (χ2v) is 6.64. The summed E-state index contributed by atoms with van der Waals surface area (Å²) in [4.78, 5) is 25.4. The van der Waals surface area contributed by atoms with E-state index in [0.29, 0.717) is 26.1 Å². The van der Waals surface area contributed by atoms with Crippen molar-refractivity contribution in [1.82, 2.24) is 9.97 Å². The van der Waals surface area contributed by atoms with Crippen molar-refractivity contribution in [2.45, 2.75) is 45.4 Å². The first kappa shape index (κ1) is 20.6. The van der Waals surface area contributed by atoms with Crippen LogP contribution in [0, 0.1) is 0 Å². The lowest BCUT2D eigenvalue weighted by atomic mass is 9.78. The van der Waals surface area contributed by atoms with E-state index in [2.05, 4.69) is 29.0 Å². The van der Waals surface area contributed by atoms with Gasteiger partial charge in [0.2, 0.25) is 0 Å². The minimum Gasteiger partial charge on any atom is -0.466 e. The van der Waals surface area contributed by atoms with Crippen LogP contribution in [0.1, 0.15) is 51.2 Å². The topological polar surface area (TPSA) is 73.7 Å². The quantitative estimate of drug-likeness (QED) is 0.275. The number of hydrogen-bond donors (Lipinski definition) is 0. The van der Waals surface area contributed by atoms with E-state index in [1.807, 2.05) is 30.5 Å². The fourth-order valence-electron chi connectivity index (χ4n) is 2.68. The number of hydrogen-bond acceptors (Lipinski definition) is 6. The predicted molar refractivity (Wildman–Crippen MR) is 104 cm³/mol. The summed E-state index contributed by atoms with van der Waals surface area (Å²) in [6.45, 7) is 6.82. The average molecular weight is 369 g/mol. The minimum absolute atomic E-state index is 0.172. The van der Waals surface area contributed by atoms with Crippen molar-refractivity contribution in [1.29, 1.82) is 0 Å². The number of oxime groups is 1. The number of nitrogens with zero attached hydrogens (tertiary/aromatic N) is 3. The highest BCUT2D eigenvalue weighted by Crippen LogP contribution is 2.28. The van der Waals surface area contributed by atoms with Gasteiger partial charge in [-0.2, -0.15) is 0 Å². The highest BCUT2D eigenvalue weighted by molar-refractivity contribution is 6.07. The molecule has 0 fully saturated rings. The van der Waals surface area contributed by atoms with Crippen molar-refractivity contribution >= 4 is 11.7 Å². The van der Waals surface area contributed by atoms with Crippen molar-refractivity contribution in [2.24, 2.45) is 5.16 Å². The van der Waals surface area contributed by atoms with Gasteiger partial charge in [0.1, 0.15) is 6.61 Å². The zero-order valence-corrected chi connectivity index (χ0v) is 16.2. The zero-order chi connectivity index (χ0) is 19.5. The van der Waals surface area contributed by atoms with Gasteiger partial charge in [-0.1, -0.05) is 11.2 Å². The molecule has 2 aromatic rings. The number of esters is 1. The number of carbonyl (C=O) groups excluding carboxylic acids is 1. The number of ether oxygens (including phenoxy) is 1. The molecule has 0 aliphatic rings. The molecule has 2 aromatic heterocycles. The monoisotopic (exact) mass is 369 g/mol. The number of carbonyl (C=O) groups is 1. The van der Waals surface area contributed by atoms with E-state index < -0.39 is 5.41 Å². The lowest BCUT2D eigenvalue weighted by molar-refractivity contribution is -0.143. The Morgan fingerprint density at radius 2 is 1.85 bits per heavy atom. The number of aromatic nitrogens is 2. The maximum absolute atomic E-state index is 11.4. The van der Waals surface area contributed by atoms with Gasteiger partial charge in [-0.25, -0.2) is 0 Å². The molecule has 6 nitrogen and oxygen atoms in total. The summed E-state index contributed by atoms with van der Waals surface area (Å²) in [6.07, 6.45) is 8.94. The molecule has 27 heavy (non-hydrogen) atoms. The SMILES string of the molecule is CCOC(=O)CCCCO/N=C(\c1cccnc1)C(C)(C)c1cccnc1. The molecule has 0 saturated carbocycles. The smallest absolute Gasteiger partial charge is 0.305 e. The molecule has 0 amide bonds. The maximum Gasteiger partial charge on any atom is 0.305 e. The van der Waals surface area contributed by atoms with E-state index in [9.17, 15) is 4.79 Å². The molecule has 0 aliphatic heterocycles. The van der Waals surface area contributed by atoms with Crippen molar-refractivity contribution in [3.8, 4) is 0 Å². The van der Waals surface area contributed by atoms with E-state index in [1.54, 1.807) is 25.5 Å². The van der Waals surface area contributed by atoms with Crippen LogP contribution in [0.2, 0.25) is 0 Å². The van der Waals surface area contributed by atoms with Crippen molar-refractivity contribution in [3.05, 3.63) is 60.2 Å². The Balaban J connectivity index is 2.05. The second kappa shape index (κ2) is 10.4. The van der Waals surface area contributed by atoms with Crippen LogP contribution in [0.5, 0.6) is 0 Å². The van der Waals surface area contributed by atoms with Crippen LogP contribution >= 0.6 is 0 Å². The van der Waals surface area contributed by atoms with Crippen LogP contribution in [-0.4, -0.2) is 34.9 Å². The summed E-state index contributed by atoms with van der Waals surface area (Å²) in [5.41, 5.74) is 2.33. The number of rotatable bonds is 10. The van der Waals surface area contributed by atoms with E-state index in [1.165, 1.54) is 0 Å². The van der Waals surface area contributed by atoms with Crippen LogP contribution in [0.3, 0.4) is 0 Å². The van der Waals surface area contributed by atoms with Gasteiger partial charge in [-0.05, 0) is 57.4 Å². The molecule has 0 N–H and O–H groups in total. The van der Waals surface area contributed by atoms with Gasteiger partial charge in [0.05, 0.1) is 12.3 Å². The highest BCUT2D eigenvalue weighted by Gasteiger charge is 2.30. The first-order valence-electron chi connectivity index (χ1n) is 9.22. The summed E-state index contributed by atoms with van der Waals surface area (Å²) in [5, 5.41) is 4.43. The third kappa shape index (κ3) is 6.16. The summed E-state index contributed by atoms with van der Waals surface area (Å²) < 4.78 is 4.92. The average Bonchev–Trinajstić information content (AvgIpc) is 2.69. The van der Waals surface area contributed by atoms with Gasteiger partial charge >= 0.3 is 5.97 Å². The zero-order valence-electron chi connectivity index (χ0n) is 16.2. The Morgan fingerprint density at radius 3 is 2.48 bits per heavy atom. The van der Waals surface area contributed by atoms with E-state index >= 15 is 0 Å². The summed E-state index contributed by atoms with van der Waals surface area (Å²) >= 11 is 0. The Labute approximate surface area is 160 Å². The molecular weight excluding hydrogens is 342 g/mol. The summed E-state index contributed by atoms with van der Waals surface area (Å²) in [5.74, 6) is -0.172. The maximum atomic E-state index is 11.4. The minimum atomic E-state index is -0.401. The van der Waals surface area contributed by atoms with Gasteiger partial charge < -0.3 is 9.57 Å². The third-order valence-electron chi connectivity index (χ3n) is 4.24. The first-order valence-corrected chi connectivity index (χ1v) is 9.22. The largest absolute Gasteiger partial charge is 0.466 e. The molecule has 0 radical (unpaired) electrons. The molecule has 2 heterocycles. The predicted octanol–water partition coefficient (Wildman–Crippen LogP) is 3.91. The molecule has 2 rings (SSSR count). The molecule has 0 spiro atoms. The normalized spacial score (nSPS) is 11.9. The van der Waals surface area contributed by atoms with Crippen LogP contribution in [0.4, 0.5) is 0 Å². The molecule has 144 valence electrons. The molecule has 0 saturated heterocycles. The fraction of sp³-hybridized carbons (Fsp3) is 0.429. The molecule has 0 bridgehead atoms. The van der Waals surface area contributed by atoms with Crippen molar-refractivity contribution in [2.75, 3.05) is 13.2 Å².